The van der Waals surface area contributed by atoms with E-state index in [2.05, 4.69) is 4.98 Å². The summed E-state index contributed by atoms with van der Waals surface area (Å²) in [6, 6.07) is 7.05. The molecule has 0 unspecified atom stereocenters. The monoisotopic (exact) mass is 224 g/mol. The van der Waals surface area contributed by atoms with Crippen LogP contribution in [0.15, 0.2) is 34.9 Å². The molecule has 1 aromatic carbocycles. The van der Waals surface area contributed by atoms with Gasteiger partial charge in [-0.3, -0.25) is 0 Å². The van der Waals surface area contributed by atoms with Crippen molar-refractivity contribution in [3.05, 3.63) is 41.4 Å². The lowest BCUT2D eigenvalue weighted by molar-refractivity contribution is 0.265. The van der Waals surface area contributed by atoms with E-state index in [0.717, 1.165) is 0 Å². The van der Waals surface area contributed by atoms with Crippen molar-refractivity contribution < 1.29 is 9.15 Å². The molecule has 0 bridgehead atoms. The van der Waals surface area contributed by atoms with Gasteiger partial charge in [0.2, 0.25) is 11.8 Å². The van der Waals surface area contributed by atoms with Crippen molar-refractivity contribution in [2.45, 2.75) is 6.61 Å². The fraction of sp³-hybridized carbons (Fsp3) is 0.100. The number of hydrogen-bond donors (Lipinski definition) is 1. The lowest BCUT2D eigenvalue weighted by Gasteiger charge is -2.02. The van der Waals surface area contributed by atoms with Gasteiger partial charge in [-0.05, 0) is 24.3 Å². The van der Waals surface area contributed by atoms with Crippen molar-refractivity contribution in [2.75, 3.05) is 5.73 Å². The summed E-state index contributed by atoms with van der Waals surface area (Å²) in [5, 5.41) is 0.669. The highest BCUT2D eigenvalue weighted by atomic mass is 35.5. The molecule has 15 heavy (non-hydrogen) atoms. The predicted molar refractivity (Wildman–Crippen MR) is 56.7 cm³/mol. The zero-order chi connectivity index (χ0) is 10.7. The van der Waals surface area contributed by atoms with Crippen molar-refractivity contribution in [3.8, 4) is 5.75 Å². The van der Waals surface area contributed by atoms with Gasteiger partial charge in [-0.2, -0.15) is 0 Å². The minimum atomic E-state index is 0.249. The second kappa shape index (κ2) is 4.23. The number of aromatic nitrogens is 1. The van der Waals surface area contributed by atoms with Crippen LogP contribution in [0.1, 0.15) is 5.89 Å². The Morgan fingerprint density at radius 3 is 2.67 bits per heavy atom. The molecule has 0 saturated heterocycles. The maximum Gasteiger partial charge on any atom is 0.234 e. The van der Waals surface area contributed by atoms with E-state index in [-0.39, 0.29) is 12.5 Å². The van der Waals surface area contributed by atoms with Crippen LogP contribution in [-0.2, 0) is 6.61 Å². The van der Waals surface area contributed by atoms with Crippen molar-refractivity contribution in [2.24, 2.45) is 0 Å². The Kier molecular flexibility index (Phi) is 2.78. The zero-order valence-electron chi connectivity index (χ0n) is 7.81. The number of nitrogens with two attached hydrogens (primary N) is 1. The molecule has 1 aromatic heterocycles. The van der Waals surface area contributed by atoms with Crippen LogP contribution in [-0.4, -0.2) is 4.98 Å². The SMILES string of the molecule is Nc1cnc(COc2ccc(Cl)cc2)o1. The van der Waals surface area contributed by atoms with Gasteiger partial charge >= 0.3 is 0 Å². The minimum absolute atomic E-state index is 0.249. The molecule has 2 rings (SSSR count). The fourth-order valence-corrected chi connectivity index (χ4v) is 1.19. The molecular formula is C10H9ClN2O2. The second-order valence-corrected chi connectivity index (χ2v) is 3.34. The first-order valence-electron chi connectivity index (χ1n) is 4.32. The van der Waals surface area contributed by atoms with Gasteiger partial charge in [-0.1, -0.05) is 11.6 Å². The number of rotatable bonds is 3. The Balaban J connectivity index is 1.96. The number of ether oxygens (including phenoxy) is 1. The lowest BCUT2D eigenvalue weighted by atomic mass is 10.3. The number of nitrogens with zero attached hydrogens (tertiary/aromatic N) is 1. The van der Waals surface area contributed by atoms with Gasteiger partial charge < -0.3 is 14.9 Å². The van der Waals surface area contributed by atoms with E-state index in [1.807, 2.05) is 0 Å². The predicted octanol–water partition coefficient (Wildman–Crippen LogP) is 2.49. The number of oxazole rings is 1. The third kappa shape index (κ3) is 2.63. The topological polar surface area (TPSA) is 61.3 Å². The Bertz CT molecular complexity index is 439. The number of hydrogen-bond acceptors (Lipinski definition) is 4. The lowest BCUT2D eigenvalue weighted by Crippen LogP contribution is -1.94. The van der Waals surface area contributed by atoms with Gasteiger partial charge in [-0.25, -0.2) is 4.98 Å². The van der Waals surface area contributed by atoms with Crippen LogP contribution in [0.5, 0.6) is 5.75 Å². The van der Waals surface area contributed by atoms with Crippen LogP contribution in [0.3, 0.4) is 0 Å². The molecule has 0 aliphatic heterocycles. The molecule has 0 saturated carbocycles. The highest BCUT2D eigenvalue weighted by Gasteiger charge is 2.01. The molecule has 2 aromatic rings. The summed E-state index contributed by atoms with van der Waals surface area (Å²) in [5.41, 5.74) is 5.37. The standard InChI is InChI=1S/C10H9ClN2O2/c11-7-1-3-8(4-2-7)14-6-10-13-5-9(12)15-10/h1-5H,6,12H2. The van der Waals surface area contributed by atoms with Crippen LogP contribution in [0.2, 0.25) is 5.02 Å². The van der Waals surface area contributed by atoms with Gasteiger partial charge in [0.1, 0.15) is 5.75 Å². The molecule has 0 aliphatic rings. The van der Waals surface area contributed by atoms with E-state index in [1.165, 1.54) is 6.20 Å². The normalized spacial score (nSPS) is 10.2. The molecule has 0 atom stereocenters. The third-order valence-electron chi connectivity index (χ3n) is 1.75. The Hall–Kier alpha value is -1.68. The van der Waals surface area contributed by atoms with Crippen LogP contribution < -0.4 is 10.5 Å². The van der Waals surface area contributed by atoms with Crippen molar-refractivity contribution in [1.82, 2.24) is 4.98 Å². The zero-order valence-corrected chi connectivity index (χ0v) is 8.57. The number of nitrogen functional groups attached to an aromatic ring is 1. The van der Waals surface area contributed by atoms with Crippen LogP contribution in [0.25, 0.3) is 0 Å². The van der Waals surface area contributed by atoms with Crippen molar-refractivity contribution >= 4 is 17.5 Å². The summed E-state index contributed by atoms with van der Waals surface area (Å²) >= 11 is 5.73. The summed E-state index contributed by atoms with van der Waals surface area (Å²) in [6.07, 6.45) is 1.44. The van der Waals surface area contributed by atoms with Gasteiger partial charge in [0, 0.05) is 5.02 Å². The third-order valence-corrected chi connectivity index (χ3v) is 2.00. The van der Waals surface area contributed by atoms with Gasteiger partial charge in [-0.15, -0.1) is 0 Å². The maximum atomic E-state index is 5.73. The van der Waals surface area contributed by atoms with E-state index >= 15 is 0 Å². The number of benzene rings is 1. The Morgan fingerprint density at radius 2 is 2.07 bits per heavy atom. The molecule has 0 radical (unpaired) electrons. The molecule has 1 heterocycles. The summed E-state index contributed by atoms with van der Waals surface area (Å²) in [5.74, 6) is 1.43. The number of anilines is 1. The highest BCUT2D eigenvalue weighted by Crippen LogP contribution is 2.17. The van der Waals surface area contributed by atoms with E-state index in [0.29, 0.717) is 16.7 Å². The van der Waals surface area contributed by atoms with Gasteiger partial charge in [0.15, 0.2) is 6.61 Å². The summed E-state index contributed by atoms with van der Waals surface area (Å²) in [6.45, 7) is 0.249. The summed E-state index contributed by atoms with van der Waals surface area (Å²) in [7, 11) is 0. The van der Waals surface area contributed by atoms with E-state index in [4.69, 9.17) is 26.5 Å². The fourth-order valence-electron chi connectivity index (χ4n) is 1.07. The first-order chi connectivity index (χ1) is 7.24. The number of halogens is 1. The Labute approximate surface area is 91.6 Å². The van der Waals surface area contributed by atoms with Crippen LogP contribution in [0.4, 0.5) is 5.88 Å². The summed E-state index contributed by atoms with van der Waals surface area (Å²) in [4.78, 5) is 3.91. The average molecular weight is 225 g/mol. The van der Waals surface area contributed by atoms with Crippen LogP contribution >= 0.6 is 11.6 Å². The molecule has 5 heteroatoms. The Morgan fingerprint density at radius 1 is 1.33 bits per heavy atom. The maximum absolute atomic E-state index is 5.73. The van der Waals surface area contributed by atoms with Crippen molar-refractivity contribution in [3.63, 3.8) is 0 Å². The van der Waals surface area contributed by atoms with Crippen LogP contribution in [0, 0.1) is 0 Å². The molecule has 4 nitrogen and oxygen atoms in total. The minimum Gasteiger partial charge on any atom is -0.484 e. The van der Waals surface area contributed by atoms with Gasteiger partial charge in [0.25, 0.3) is 0 Å². The first-order valence-corrected chi connectivity index (χ1v) is 4.70. The summed E-state index contributed by atoms with van der Waals surface area (Å²) < 4.78 is 10.4. The molecule has 0 aliphatic carbocycles. The van der Waals surface area contributed by atoms with Crippen molar-refractivity contribution in [1.29, 1.82) is 0 Å². The van der Waals surface area contributed by atoms with Gasteiger partial charge in [0.05, 0.1) is 6.20 Å². The largest absolute Gasteiger partial charge is 0.484 e. The molecule has 0 amide bonds. The average Bonchev–Trinajstić information content (AvgIpc) is 2.64. The highest BCUT2D eigenvalue weighted by molar-refractivity contribution is 6.30. The first kappa shape index (κ1) is 9.86. The van der Waals surface area contributed by atoms with E-state index in [9.17, 15) is 0 Å². The molecule has 0 spiro atoms. The molecule has 2 N–H and O–H groups in total. The molecule has 0 fully saturated rings. The van der Waals surface area contributed by atoms with E-state index < -0.39 is 0 Å². The molecular weight excluding hydrogens is 216 g/mol. The van der Waals surface area contributed by atoms with E-state index in [1.54, 1.807) is 24.3 Å². The molecule has 78 valence electrons. The smallest absolute Gasteiger partial charge is 0.234 e. The quantitative estimate of drug-likeness (QED) is 0.870. The second-order valence-electron chi connectivity index (χ2n) is 2.90.